The second-order valence-electron chi connectivity index (χ2n) is 5.49. The highest BCUT2D eigenvalue weighted by Crippen LogP contribution is 2.38. The molecule has 0 saturated heterocycles. The van der Waals surface area contributed by atoms with Crippen LogP contribution in [0.15, 0.2) is 23.1 Å². The van der Waals surface area contributed by atoms with E-state index in [9.17, 15) is 9.90 Å². The molecule has 108 valence electrons. The van der Waals surface area contributed by atoms with E-state index in [1.807, 2.05) is 18.2 Å². The van der Waals surface area contributed by atoms with E-state index in [-0.39, 0.29) is 17.9 Å². The van der Waals surface area contributed by atoms with E-state index in [2.05, 4.69) is 5.32 Å². The van der Waals surface area contributed by atoms with Crippen molar-refractivity contribution in [2.24, 2.45) is 5.92 Å². The van der Waals surface area contributed by atoms with Crippen LogP contribution in [0.25, 0.3) is 0 Å². The van der Waals surface area contributed by atoms with Crippen molar-refractivity contribution < 1.29 is 9.90 Å². The SMILES string of the molecule is O=C(NC1CCSc2ccc(Cl)cc21)C1CCCC1O. The number of halogens is 1. The summed E-state index contributed by atoms with van der Waals surface area (Å²) in [5.74, 6) is 0.734. The molecule has 5 heteroatoms. The minimum Gasteiger partial charge on any atom is -0.392 e. The summed E-state index contributed by atoms with van der Waals surface area (Å²) in [4.78, 5) is 13.5. The van der Waals surface area contributed by atoms with Crippen LogP contribution < -0.4 is 5.32 Å². The third-order valence-corrected chi connectivity index (χ3v) is 5.50. The quantitative estimate of drug-likeness (QED) is 0.882. The fraction of sp³-hybridized carbons (Fsp3) is 0.533. The van der Waals surface area contributed by atoms with Gasteiger partial charge in [-0.05, 0) is 49.4 Å². The van der Waals surface area contributed by atoms with Gasteiger partial charge >= 0.3 is 0 Å². The zero-order valence-electron chi connectivity index (χ0n) is 11.1. The van der Waals surface area contributed by atoms with Crippen LogP contribution in [0.3, 0.4) is 0 Å². The lowest BCUT2D eigenvalue weighted by Crippen LogP contribution is -2.38. The Bertz CT molecular complexity index is 523. The van der Waals surface area contributed by atoms with E-state index in [0.29, 0.717) is 5.02 Å². The van der Waals surface area contributed by atoms with Crippen LogP contribution >= 0.6 is 23.4 Å². The number of nitrogens with one attached hydrogen (secondary N) is 1. The van der Waals surface area contributed by atoms with Crippen molar-refractivity contribution in [1.29, 1.82) is 0 Å². The van der Waals surface area contributed by atoms with Crippen LogP contribution in [0.1, 0.15) is 37.3 Å². The number of aliphatic hydroxyl groups excluding tert-OH is 1. The van der Waals surface area contributed by atoms with Crippen molar-refractivity contribution >= 4 is 29.3 Å². The Morgan fingerprint density at radius 1 is 1.35 bits per heavy atom. The van der Waals surface area contributed by atoms with Gasteiger partial charge in [0.1, 0.15) is 0 Å². The van der Waals surface area contributed by atoms with Crippen LogP contribution in [0.4, 0.5) is 0 Å². The summed E-state index contributed by atoms with van der Waals surface area (Å²) in [7, 11) is 0. The fourth-order valence-electron chi connectivity index (χ4n) is 3.04. The maximum Gasteiger partial charge on any atom is 0.226 e. The number of thioether (sulfide) groups is 1. The lowest BCUT2D eigenvalue weighted by molar-refractivity contribution is -0.128. The van der Waals surface area contributed by atoms with E-state index in [1.165, 1.54) is 4.90 Å². The molecule has 1 aliphatic carbocycles. The molecule has 1 saturated carbocycles. The average molecular weight is 312 g/mol. The number of carbonyl (C=O) groups excluding carboxylic acids is 1. The van der Waals surface area contributed by atoms with Crippen LogP contribution in [0.2, 0.25) is 5.02 Å². The van der Waals surface area contributed by atoms with Gasteiger partial charge in [-0.3, -0.25) is 4.79 Å². The first kappa shape index (κ1) is 14.2. The first-order chi connectivity index (χ1) is 9.65. The van der Waals surface area contributed by atoms with Gasteiger partial charge < -0.3 is 10.4 Å². The summed E-state index contributed by atoms with van der Waals surface area (Å²) in [6.45, 7) is 0. The first-order valence-electron chi connectivity index (χ1n) is 7.06. The van der Waals surface area contributed by atoms with Crippen molar-refractivity contribution in [3.8, 4) is 0 Å². The lowest BCUT2D eigenvalue weighted by Gasteiger charge is -2.27. The smallest absolute Gasteiger partial charge is 0.226 e. The summed E-state index contributed by atoms with van der Waals surface area (Å²) in [6, 6.07) is 5.87. The van der Waals surface area contributed by atoms with Gasteiger partial charge in [0.05, 0.1) is 18.1 Å². The molecule has 0 bridgehead atoms. The maximum absolute atomic E-state index is 12.3. The van der Waals surface area contributed by atoms with Crippen molar-refractivity contribution in [2.45, 2.75) is 42.7 Å². The van der Waals surface area contributed by atoms with Gasteiger partial charge in [-0.15, -0.1) is 11.8 Å². The van der Waals surface area contributed by atoms with E-state index in [4.69, 9.17) is 11.6 Å². The Morgan fingerprint density at radius 3 is 2.95 bits per heavy atom. The van der Waals surface area contributed by atoms with E-state index >= 15 is 0 Å². The van der Waals surface area contributed by atoms with Gasteiger partial charge in [-0.2, -0.15) is 0 Å². The molecule has 3 nitrogen and oxygen atoms in total. The second kappa shape index (κ2) is 5.96. The molecule has 3 rings (SSSR count). The van der Waals surface area contributed by atoms with E-state index < -0.39 is 6.10 Å². The molecule has 2 N–H and O–H groups in total. The van der Waals surface area contributed by atoms with Crippen LogP contribution in [0.5, 0.6) is 0 Å². The molecule has 0 radical (unpaired) electrons. The molecular weight excluding hydrogens is 294 g/mol. The Labute approximate surface area is 128 Å². The molecule has 3 atom stereocenters. The number of aliphatic hydroxyl groups is 1. The molecular formula is C15H18ClNO2S. The third-order valence-electron chi connectivity index (χ3n) is 4.14. The Morgan fingerprint density at radius 2 is 2.20 bits per heavy atom. The van der Waals surface area contributed by atoms with Crippen molar-refractivity contribution in [3.63, 3.8) is 0 Å². The van der Waals surface area contributed by atoms with Crippen molar-refractivity contribution in [1.82, 2.24) is 5.32 Å². The average Bonchev–Trinajstić information content (AvgIpc) is 2.86. The summed E-state index contributed by atoms with van der Waals surface area (Å²) < 4.78 is 0. The number of rotatable bonds is 2. The van der Waals surface area contributed by atoms with Gasteiger partial charge in [0.25, 0.3) is 0 Å². The van der Waals surface area contributed by atoms with Gasteiger partial charge in [-0.25, -0.2) is 0 Å². The largest absolute Gasteiger partial charge is 0.392 e. The fourth-order valence-corrected chi connectivity index (χ4v) is 4.33. The summed E-state index contributed by atoms with van der Waals surface area (Å²) >= 11 is 7.87. The minimum atomic E-state index is -0.480. The number of benzene rings is 1. The molecule has 20 heavy (non-hydrogen) atoms. The number of hydrogen-bond acceptors (Lipinski definition) is 3. The monoisotopic (exact) mass is 311 g/mol. The highest BCUT2D eigenvalue weighted by molar-refractivity contribution is 7.99. The normalized spacial score (nSPS) is 29.0. The van der Waals surface area contributed by atoms with E-state index in [0.717, 1.165) is 37.0 Å². The maximum atomic E-state index is 12.3. The molecule has 1 aliphatic heterocycles. The highest BCUT2D eigenvalue weighted by Gasteiger charge is 2.33. The van der Waals surface area contributed by atoms with E-state index in [1.54, 1.807) is 11.8 Å². The van der Waals surface area contributed by atoms with Gasteiger partial charge in [-0.1, -0.05) is 11.6 Å². The Hall–Kier alpha value is -0.710. The van der Waals surface area contributed by atoms with Crippen molar-refractivity contribution in [3.05, 3.63) is 28.8 Å². The molecule has 1 aromatic rings. The predicted molar refractivity (Wildman–Crippen MR) is 81.0 cm³/mol. The van der Waals surface area contributed by atoms with Gasteiger partial charge in [0, 0.05) is 15.7 Å². The number of carbonyl (C=O) groups is 1. The molecule has 0 aromatic heterocycles. The van der Waals surface area contributed by atoms with Gasteiger partial charge in [0.2, 0.25) is 5.91 Å². The number of amides is 1. The standard InChI is InChI=1S/C15H18ClNO2S/c16-9-4-5-14-11(8-9)12(6-7-20-14)17-15(19)10-2-1-3-13(10)18/h4-5,8,10,12-13,18H,1-3,6-7H2,(H,17,19). The zero-order chi connectivity index (χ0) is 14.1. The second-order valence-corrected chi connectivity index (χ2v) is 7.06. The minimum absolute atomic E-state index is 0.0159. The molecule has 1 amide bonds. The third kappa shape index (κ3) is 2.83. The topological polar surface area (TPSA) is 49.3 Å². The molecule has 3 unspecified atom stereocenters. The summed E-state index contributed by atoms with van der Waals surface area (Å²) in [5.41, 5.74) is 1.11. The molecule has 1 fully saturated rings. The highest BCUT2D eigenvalue weighted by atomic mass is 35.5. The Kier molecular flexibility index (Phi) is 4.24. The predicted octanol–water partition coefficient (Wildman–Crippen LogP) is 3.15. The zero-order valence-corrected chi connectivity index (χ0v) is 12.7. The lowest BCUT2D eigenvalue weighted by atomic mass is 10.0. The van der Waals surface area contributed by atoms with Crippen LogP contribution in [-0.2, 0) is 4.79 Å². The Balaban J connectivity index is 1.76. The summed E-state index contributed by atoms with van der Waals surface area (Å²) in [5, 5.41) is 13.6. The number of hydrogen-bond donors (Lipinski definition) is 2. The van der Waals surface area contributed by atoms with Crippen LogP contribution in [-0.4, -0.2) is 22.9 Å². The van der Waals surface area contributed by atoms with Gasteiger partial charge in [0.15, 0.2) is 0 Å². The molecule has 2 aliphatic rings. The summed E-state index contributed by atoms with van der Waals surface area (Å²) in [6.07, 6.45) is 2.89. The number of fused-ring (bicyclic) bond motifs is 1. The molecule has 1 aromatic carbocycles. The van der Waals surface area contributed by atoms with Crippen molar-refractivity contribution in [2.75, 3.05) is 5.75 Å². The van der Waals surface area contributed by atoms with Crippen LogP contribution in [0, 0.1) is 5.92 Å². The first-order valence-corrected chi connectivity index (χ1v) is 8.42. The molecule has 1 heterocycles. The molecule has 0 spiro atoms.